The van der Waals surface area contributed by atoms with E-state index in [0.717, 1.165) is 0 Å². The van der Waals surface area contributed by atoms with Crippen molar-refractivity contribution in [3.8, 4) is 0 Å². The molecule has 8 rings (SSSR count). The van der Waals surface area contributed by atoms with Gasteiger partial charge in [0.15, 0.2) is 0 Å². The molecule has 0 spiro atoms. The fourth-order valence-electron chi connectivity index (χ4n) is 5.82. The van der Waals surface area contributed by atoms with Gasteiger partial charge in [-0.25, -0.2) is 0 Å². The van der Waals surface area contributed by atoms with Crippen LogP contribution in [0.25, 0.3) is 75.4 Å². The molecule has 0 fully saturated rings. The second kappa shape index (κ2) is 4.98. The lowest BCUT2D eigenvalue weighted by molar-refractivity contribution is 1.79. The molecular formula is C30H16. The Kier molecular flexibility index (Phi) is 2.49. The topological polar surface area (TPSA) is 0 Å². The largest absolute Gasteiger partial charge is 0.0616 e. The first-order chi connectivity index (χ1) is 14.9. The van der Waals surface area contributed by atoms with Crippen LogP contribution in [0.2, 0.25) is 0 Å². The Bertz CT molecular complexity index is 1940. The third kappa shape index (κ3) is 1.66. The first-order valence-corrected chi connectivity index (χ1v) is 10.5. The lowest BCUT2D eigenvalue weighted by Gasteiger charge is -2.18. The highest BCUT2D eigenvalue weighted by atomic mass is 14.2. The Hall–Kier alpha value is -3.90. The van der Waals surface area contributed by atoms with E-state index in [9.17, 15) is 0 Å². The van der Waals surface area contributed by atoms with Crippen molar-refractivity contribution in [1.82, 2.24) is 0 Å². The van der Waals surface area contributed by atoms with Crippen molar-refractivity contribution in [2.75, 3.05) is 0 Å². The van der Waals surface area contributed by atoms with Gasteiger partial charge in [0.2, 0.25) is 0 Å². The molecule has 0 aliphatic carbocycles. The molecule has 0 N–H and O–H groups in total. The molecule has 0 amide bonds. The van der Waals surface area contributed by atoms with E-state index in [-0.39, 0.29) is 0 Å². The van der Waals surface area contributed by atoms with Crippen molar-refractivity contribution in [2.24, 2.45) is 0 Å². The summed E-state index contributed by atoms with van der Waals surface area (Å²) in [7, 11) is 0. The first-order valence-electron chi connectivity index (χ1n) is 10.5. The fourth-order valence-corrected chi connectivity index (χ4v) is 5.82. The molecule has 0 radical (unpaired) electrons. The van der Waals surface area contributed by atoms with Gasteiger partial charge in [-0.3, -0.25) is 0 Å². The zero-order valence-corrected chi connectivity index (χ0v) is 16.2. The maximum atomic E-state index is 2.42. The van der Waals surface area contributed by atoms with Crippen molar-refractivity contribution in [3.63, 3.8) is 0 Å². The van der Waals surface area contributed by atoms with Gasteiger partial charge in [0, 0.05) is 0 Å². The average Bonchev–Trinajstić information content (AvgIpc) is 2.80. The lowest BCUT2D eigenvalue weighted by atomic mass is 9.85. The van der Waals surface area contributed by atoms with Crippen LogP contribution in [0.4, 0.5) is 0 Å². The summed E-state index contributed by atoms with van der Waals surface area (Å²) in [5, 5.41) is 19.0. The summed E-state index contributed by atoms with van der Waals surface area (Å²) < 4.78 is 0. The maximum absolute atomic E-state index is 2.42. The van der Waals surface area contributed by atoms with Gasteiger partial charge in [-0.05, 0) is 93.6 Å². The molecule has 0 atom stereocenters. The molecule has 136 valence electrons. The Morgan fingerprint density at radius 1 is 0.267 bits per heavy atom. The van der Waals surface area contributed by atoms with E-state index in [1.54, 1.807) is 0 Å². The van der Waals surface area contributed by atoms with Gasteiger partial charge in [-0.2, -0.15) is 0 Å². The highest BCUT2D eigenvalue weighted by Crippen LogP contribution is 2.45. The molecule has 0 saturated carbocycles. The highest BCUT2D eigenvalue weighted by molar-refractivity contribution is 6.39. The molecule has 8 aromatic carbocycles. The summed E-state index contributed by atoms with van der Waals surface area (Å²) in [6, 6.07) is 36.3. The SMILES string of the molecule is c1ccc2c(c1)ccc1c2cc2ccc3cc4cccc5ccc6cc1c2c3c6c54. The molecule has 0 aliphatic rings. The smallest absolute Gasteiger partial charge is 0.00139 e. The van der Waals surface area contributed by atoms with E-state index >= 15 is 0 Å². The first kappa shape index (κ1) is 15.0. The van der Waals surface area contributed by atoms with Crippen LogP contribution >= 0.6 is 0 Å². The molecular weight excluding hydrogens is 360 g/mol. The van der Waals surface area contributed by atoms with Gasteiger partial charge >= 0.3 is 0 Å². The van der Waals surface area contributed by atoms with Gasteiger partial charge in [-0.1, -0.05) is 78.9 Å². The Balaban J connectivity index is 1.75. The Labute approximate surface area is 172 Å². The van der Waals surface area contributed by atoms with Crippen LogP contribution in [-0.4, -0.2) is 0 Å². The molecule has 0 saturated heterocycles. The van der Waals surface area contributed by atoms with Gasteiger partial charge in [0.25, 0.3) is 0 Å². The minimum Gasteiger partial charge on any atom is -0.0616 e. The summed E-state index contributed by atoms with van der Waals surface area (Å²) in [4.78, 5) is 0. The minimum absolute atomic E-state index is 1.30. The zero-order chi connectivity index (χ0) is 19.4. The summed E-state index contributed by atoms with van der Waals surface area (Å²) >= 11 is 0. The number of fused-ring (bicyclic) bond motifs is 4. The van der Waals surface area contributed by atoms with E-state index in [1.807, 2.05) is 0 Å². The molecule has 0 bridgehead atoms. The Morgan fingerprint density at radius 2 is 0.867 bits per heavy atom. The van der Waals surface area contributed by atoms with Crippen LogP contribution in [0.15, 0.2) is 97.1 Å². The summed E-state index contributed by atoms with van der Waals surface area (Å²) in [6.45, 7) is 0. The van der Waals surface area contributed by atoms with Crippen LogP contribution in [0.3, 0.4) is 0 Å². The van der Waals surface area contributed by atoms with E-state index in [2.05, 4.69) is 97.1 Å². The summed E-state index contributed by atoms with van der Waals surface area (Å²) in [5.74, 6) is 0. The zero-order valence-electron chi connectivity index (χ0n) is 16.2. The van der Waals surface area contributed by atoms with Crippen molar-refractivity contribution < 1.29 is 0 Å². The maximum Gasteiger partial charge on any atom is -0.00139 e. The number of hydrogen-bond donors (Lipinski definition) is 0. The van der Waals surface area contributed by atoms with Crippen LogP contribution < -0.4 is 0 Å². The fraction of sp³-hybridized carbons (Fsp3) is 0. The van der Waals surface area contributed by atoms with Crippen molar-refractivity contribution in [2.45, 2.75) is 0 Å². The predicted molar refractivity (Wildman–Crippen MR) is 131 cm³/mol. The number of hydrogen-bond acceptors (Lipinski definition) is 0. The molecule has 30 heavy (non-hydrogen) atoms. The molecule has 0 aliphatic heterocycles. The van der Waals surface area contributed by atoms with Crippen LogP contribution in [0, 0.1) is 0 Å². The van der Waals surface area contributed by atoms with Crippen LogP contribution in [-0.2, 0) is 0 Å². The van der Waals surface area contributed by atoms with E-state index in [0.29, 0.717) is 0 Å². The normalized spacial score (nSPS) is 12.7. The molecule has 8 aromatic rings. The second-order valence-corrected chi connectivity index (χ2v) is 8.56. The van der Waals surface area contributed by atoms with E-state index in [1.165, 1.54) is 75.4 Å². The van der Waals surface area contributed by atoms with Crippen LogP contribution in [0.5, 0.6) is 0 Å². The van der Waals surface area contributed by atoms with Crippen molar-refractivity contribution in [1.29, 1.82) is 0 Å². The van der Waals surface area contributed by atoms with E-state index in [4.69, 9.17) is 0 Å². The molecule has 0 aromatic heterocycles. The van der Waals surface area contributed by atoms with Gasteiger partial charge < -0.3 is 0 Å². The quantitative estimate of drug-likeness (QED) is 0.183. The average molecular weight is 376 g/mol. The van der Waals surface area contributed by atoms with Crippen molar-refractivity contribution in [3.05, 3.63) is 97.1 Å². The summed E-state index contributed by atoms with van der Waals surface area (Å²) in [6.07, 6.45) is 0. The third-order valence-corrected chi connectivity index (χ3v) is 7.07. The molecule has 0 unspecified atom stereocenters. The molecule has 0 heterocycles. The van der Waals surface area contributed by atoms with Gasteiger partial charge in [-0.15, -0.1) is 0 Å². The molecule has 0 nitrogen and oxygen atoms in total. The van der Waals surface area contributed by atoms with Crippen LogP contribution in [0.1, 0.15) is 0 Å². The predicted octanol–water partition coefficient (Wildman–Crippen LogP) is 8.63. The highest BCUT2D eigenvalue weighted by Gasteiger charge is 2.17. The number of rotatable bonds is 0. The minimum atomic E-state index is 1.30. The third-order valence-electron chi connectivity index (χ3n) is 7.07. The van der Waals surface area contributed by atoms with Gasteiger partial charge in [0.1, 0.15) is 0 Å². The monoisotopic (exact) mass is 376 g/mol. The van der Waals surface area contributed by atoms with Gasteiger partial charge in [0.05, 0.1) is 0 Å². The standard InChI is InChI=1S/C30H16/c1-2-7-23-17(4-1)12-13-24-25(23)15-21-11-10-20-14-19-6-3-5-18-8-9-22-16-26(24)28(21)30(20)29(22)27(18)19/h1-16H. The molecule has 0 heteroatoms. The summed E-state index contributed by atoms with van der Waals surface area (Å²) in [5.41, 5.74) is 0. The van der Waals surface area contributed by atoms with E-state index < -0.39 is 0 Å². The Morgan fingerprint density at radius 3 is 1.80 bits per heavy atom. The second-order valence-electron chi connectivity index (χ2n) is 8.56. The lowest BCUT2D eigenvalue weighted by Crippen LogP contribution is -1.90. The van der Waals surface area contributed by atoms with Crippen molar-refractivity contribution >= 4 is 75.4 Å². The number of benzene rings is 8.